The molecule has 7 nitrogen and oxygen atoms in total. The van der Waals surface area contributed by atoms with Gasteiger partial charge in [0, 0.05) is 12.1 Å². The number of benzene rings is 1. The molecule has 0 saturated carbocycles. The molecule has 0 bridgehead atoms. The van der Waals surface area contributed by atoms with E-state index >= 15 is 0 Å². The Bertz CT molecular complexity index is 307. The molecular formula is C8H13N3O4. The smallest absolute Gasteiger partial charge is 0.344 e. The molecule has 15 heavy (non-hydrogen) atoms. The van der Waals surface area contributed by atoms with Gasteiger partial charge in [-0.1, -0.05) is 26.0 Å². The molecule has 7 heteroatoms. The van der Waals surface area contributed by atoms with Crippen LogP contribution in [0.25, 0.3) is 0 Å². The van der Waals surface area contributed by atoms with Crippen molar-refractivity contribution < 1.29 is 9.85 Å². The molecule has 0 aliphatic carbocycles. The lowest BCUT2D eigenvalue weighted by Gasteiger charge is -1.91. The highest BCUT2D eigenvalue weighted by Crippen LogP contribution is 2.24. The van der Waals surface area contributed by atoms with E-state index in [1.165, 1.54) is 12.1 Å². The second-order valence-corrected chi connectivity index (χ2v) is 2.00. The van der Waals surface area contributed by atoms with Crippen LogP contribution in [-0.4, -0.2) is 9.85 Å². The van der Waals surface area contributed by atoms with Crippen LogP contribution in [-0.2, 0) is 0 Å². The minimum atomic E-state index is -0.780. The summed E-state index contributed by atoms with van der Waals surface area (Å²) in [5.41, 5.74) is -0.968. The highest BCUT2D eigenvalue weighted by atomic mass is 16.6. The van der Waals surface area contributed by atoms with Crippen LogP contribution in [0.1, 0.15) is 13.8 Å². The van der Waals surface area contributed by atoms with Crippen molar-refractivity contribution in [1.29, 1.82) is 0 Å². The van der Waals surface area contributed by atoms with E-state index in [4.69, 9.17) is 0 Å². The van der Waals surface area contributed by atoms with Gasteiger partial charge in [0.05, 0.1) is 9.85 Å². The van der Waals surface area contributed by atoms with Crippen LogP contribution in [0.3, 0.4) is 0 Å². The Morgan fingerprint density at radius 2 is 1.20 bits per heavy atom. The predicted molar refractivity (Wildman–Crippen MR) is 56.1 cm³/mol. The fourth-order valence-electron chi connectivity index (χ4n) is 0.773. The molecule has 1 rings (SSSR count). The summed E-state index contributed by atoms with van der Waals surface area (Å²) in [5.74, 6) is 0. The lowest BCUT2D eigenvalue weighted by Crippen LogP contribution is -1.95. The van der Waals surface area contributed by atoms with E-state index in [1.54, 1.807) is 0 Å². The summed E-state index contributed by atoms with van der Waals surface area (Å²) in [6.07, 6.45) is 0. The van der Waals surface area contributed by atoms with Gasteiger partial charge >= 0.3 is 11.4 Å². The van der Waals surface area contributed by atoms with Crippen molar-refractivity contribution in [3.63, 3.8) is 0 Å². The van der Waals surface area contributed by atoms with Gasteiger partial charge < -0.3 is 6.15 Å². The van der Waals surface area contributed by atoms with E-state index in [0.29, 0.717) is 0 Å². The van der Waals surface area contributed by atoms with Crippen molar-refractivity contribution >= 4 is 11.4 Å². The van der Waals surface area contributed by atoms with Crippen molar-refractivity contribution in [2.75, 3.05) is 0 Å². The van der Waals surface area contributed by atoms with Gasteiger partial charge in [-0.05, 0) is 0 Å². The van der Waals surface area contributed by atoms with E-state index in [1.807, 2.05) is 13.8 Å². The summed E-state index contributed by atoms with van der Waals surface area (Å²) in [7, 11) is 0. The van der Waals surface area contributed by atoms with Crippen LogP contribution in [0.2, 0.25) is 0 Å². The second kappa shape index (κ2) is 7.39. The molecule has 0 spiro atoms. The highest BCUT2D eigenvalue weighted by Gasteiger charge is 2.21. The molecule has 0 unspecified atom stereocenters. The minimum Gasteiger partial charge on any atom is -0.344 e. The van der Waals surface area contributed by atoms with Gasteiger partial charge in [0.1, 0.15) is 0 Å². The highest BCUT2D eigenvalue weighted by molar-refractivity contribution is 5.51. The minimum absolute atomic E-state index is 0. The molecule has 84 valence electrons. The van der Waals surface area contributed by atoms with Gasteiger partial charge in [-0.2, -0.15) is 0 Å². The Labute approximate surface area is 86.6 Å². The summed E-state index contributed by atoms with van der Waals surface area (Å²) >= 11 is 0. The summed E-state index contributed by atoms with van der Waals surface area (Å²) in [5, 5.41) is 20.5. The van der Waals surface area contributed by atoms with Crippen LogP contribution in [0, 0.1) is 20.2 Å². The zero-order valence-corrected chi connectivity index (χ0v) is 8.54. The molecule has 0 aliphatic heterocycles. The first kappa shape index (κ1) is 15.5. The standard InChI is InChI=1S/C6H4N2O4.C2H6.H3N/c9-7(10)5-3-1-2-4-6(5)8(11)12;1-2;/h1-4H;1-2H3;1H3. The third-order valence-corrected chi connectivity index (χ3v) is 1.28. The molecule has 1 aromatic rings. The number of nitrogens with zero attached hydrogens (tertiary/aromatic N) is 2. The van der Waals surface area contributed by atoms with Crippen LogP contribution in [0.5, 0.6) is 0 Å². The third kappa shape index (κ3) is 4.14. The Hall–Kier alpha value is -2.02. The van der Waals surface area contributed by atoms with E-state index in [-0.39, 0.29) is 6.15 Å². The molecule has 3 N–H and O–H groups in total. The van der Waals surface area contributed by atoms with Crippen molar-refractivity contribution in [3.05, 3.63) is 44.5 Å². The largest absolute Gasteiger partial charge is 0.346 e. The monoisotopic (exact) mass is 215 g/mol. The molecule has 0 amide bonds. The summed E-state index contributed by atoms with van der Waals surface area (Å²) in [4.78, 5) is 18.9. The van der Waals surface area contributed by atoms with E-state index in [2.05, 4.69) is 0 Å². The molecular weight excluding hydrogens is 202 g/mol. The SMILES string of the molecule is CC.N.O=[N+]([O-])c1ccccc1[N+](=O)[O-]. The van der Waals surface area contributed by atoms with Gasteiger partial charge in [0.15, 0.2) is 0 Å². The number of hydrogen-bond donors (Lipinski definition) is 1. The fourth-order valence-corrected chi connectivity index (χ4v) is 0.773. The van der Waals surface area contributed by atoms with Crippen molar-refractivity contribution in [2.45, 2.75) is 13.8 Å². The predicted octanol–water partition coefficient (Wildman–Crippen LogP) is 2.69. The number of hydrogen-bond acceptors (Lipinski definition) is 5. The average Bonchev–Trinajstić information content (AvgIpc) is 2.20. The van der Waals surface area contributed by atoms with Gasteiger partial charge in [-0.15, -0.1) is 0 Å². The molecule has 1 aromatic carbocycles. The van der Waals surface area contributed by atoms with Gasteiger partial charge in [-0.3, -0.25) is 20.2 Å². The normalized spacial score (nSPS) is 7.87. The third-order valence-electron chi connectivity index (χ3n) is 1.28. The lowest BCUT2D eigenvalue weighted by atomic mass is 10.3. The fraction of sp³-hybridized carbons (Fsp3) is 0.250. The zero-order chi connectivity index (χ0) is 11.1. The Kier molecular flexibility index (Phi) is 7.61. The molecule has 0 aliphatic rings. The lowest BCUT2D eigenvalue weighted by molar-refractivity contribution is -0.422. The van der Waals surface area contributed by atoms with Gasteiger partial charge in [0.25, 0.3) is 0 Å². The Morgan fingerprint density at radius 3 is 1.40 bits per heavy atom. The summed E-state index contributed by atoms with van der Waals surface area (Å²) < 4.78 is 0. The quantitative estimate of drug-likeness (QED) is 0.600. The van der Waals surface area contributed by atoms with Crippen LogP contribution >= 0.6 is 0 Å². The van der Waals surface area contributed by atoms with Crippen molar-refractivity contribution in [3.8, 4) is 0 Å². The molecule has 0 radical (unpaired) electrons. The van der Waals surface area contributed by atoms with Crippen molar-refractivity contribution in [2.24, 2.45) is 0 Å². The molecule has 0 saturated heterocycles. The second-order valence-electron chi connectivity index (χ2n) is 2.00. The number of para-hydroxylation sites is 2. The molecule has 0 atom stereocenters. The Morgan fingerprint density at radius 1 is 0.933 bits per heavy atom. The first-order chi connectivity index (χ1) is 6.63. The van der Waals surface area contributed by atoms with E-state index < -0.39 is 21.2 Å². The molecule has 0 heterocycles. The van der Waals surface area contributed by atoms with Crippen LogP contribution in [0.15, 0.2) is 24.3 Å². The molecule has 0 fully saturated rings. The Balaban J connectivity index is 0. The maximum Gasteiger partial charge on any atom is 0.346 e. The van der Waals surface area contributed by atoms with Gasteiger partial charge in [0.2, 0.25) is 0 Å². The molecule has 0 aromatic heterocycles. The summed E-state index contributed by atoms with van der Waals surface area (Å²) in [6, 6.07) is 4.95. The number of nitro benzene ring substituents is 2. The number of rotatable bonds is 2. The maximum atomic E-state index is 10.2. The van der Waals surface area contributed by atoms with E-state index in [0.717, 1.165) is 12.1 Å². The first-order valence-electron chi connectivity index (χ1n) is 4.00. The maximum absolute atomic E-state index is 10.2. The number of nitro groups is 2. The zero-order valence-electron chi connectivity index (χ0n) is 8.54. The topological polar surface area (TPSA) is 121 Å². The first-order valence-corrected chi connectivity index (χ1v) is 4.00. The summed E-state index contributed by atoms with van der Waals surface area (Å²) in [6.45, 7) is 4.00. The van der Waals surface area contributed by atoms with Gasteiger partial charge in [-0.25, -0.2) is 0 Å². The average molecular weight is 215 g/mol. The van der Waals surface area contributed by atoms with Crippen LogP contribution in [0.4, 0.5) is 11.4 Å². The van der Waals surface area contributed by atoms with Crippen molar-refractivity contribution in [1.82, 2.24) is 6.15 Å². The van der Waals surface area contributed by atoms with Crippen LogP contribution < -0.4 is 6.15 Å². The van der Waals surface area contributed by atoms with E-state index in [9.17, 15) is 20.2 Å².